The highest BCUT2D eigenvalue weighted by atomic mass is 16.5. The first-order valence-corrected chi connectivity index (χ1v) is 7.62. The highest BCUT2D eigenvalue weighted by molar-refractivity contribution is 5.78. The van der Waals surface area contributed by atoms with Crippen LogP contribution in [0.1, 0.15) is 39.2 Å². The van der Waals surface area contributed by atoms with Crippen LogP contribution in [0.3, 0.4) is 0 Å². The molecule has 0 saturated heterocycles. The number of rotatable bonds is 7. The molecule has 1 fully saturated rings. The first-order valence-electron chi connectivity index (χ1n) is 7.62. The van der Waals surface area contributed by atoms with Crippen LogP contribution in [0.4, 0.5) is 0 Å². The maximum atomic E-state index is 12.3. The lowest BCUT2D eigenvalue weighted by Gasteiger charge is -2.24. The van der Waals surface area contributed by atoms with Gasteiger partial charge in [0.15, 0.2) is 6.61 Å². The second-order valence-electron chi connectivity index (χ2n) is 5.92. The molecular formula is C17H25NO2. The van der Waals surface area contributed by atoms with Crippen LogP contribution in [0, 0.1) is 5.92 Å². The number of hydrogen-bond donors (Lipinski definition) is 0. The summed E-state index contributed by atoms with van der Waals surface area (Å²) in [7, 11) is 0. The fourth-order valence-corrected chi connectivity index (χ4v) is 2.39. The van der Waals surface area contributed by atoms with Gasteiger partial charge in [-0.2, -0.15) is 0 Å². The summed E-state index contributed by atoms with van der Waals surface area (Å²) in [6.45, 7) is 7.38. The van der Waals surface area contributed by atoms with Crippen molar-refractivity contribution in [2.24, 2.45) is 5.92 Å². The minimum absolute atomic E-state index is 0.118. The van der Waals surface area contributed by atoms with Crippen LogP contribution in [0.25, 0.3) is 0 Å². The van der Waals surface area contributed by atoms with Crippen LogP contribution in [-0.2, 0) is 11.2 Å². The van der Waals surface area contributed by atoms with Gasteiger partial charge in [-0.25, -0.2) is 0 Å². The Balaban J connectivity index is 1.93. The molecule has 1 saturated carbocycles. The molecule has 1 amide bonds. The van der Waals surface area contributed by atoms with E-state index in [1.54, 1.807) is 0 Å². The Morgan fingerprint density at radius 1 is 1.35 bits per heavy atom. The van der Waals surface area contributed by atoms with Crippen molar-refractivity contribution in [2.45, 2.75) is 46.1 Å². The van der Waals surface area contributed by atoms with Gasteiger partial charge in [0.2, 0.25) is 0 Å². The lowest BCUT2D eigenvalue weighted by atomic mass is 10.1. The zero-order chi connectivity index (χ0) is 14.5. The molecule has 20 heavy (non-hydrogen) atoms. The van der Waals surface area contributed by atoms with Crippen molar-refractivity contribution in [3.05, 3.63) is 29.8 Å². The highest BCUT2D eigenvalue weighted by Gasteiger charge is 2.32. The topological polar surface area (TPSA) is 29.5 Å². The van der Waals surface area contributed by atoms with Gasteiger partial charge in [0.1, 0.15) is 5.75 Å². The molecule has 0 N–H and O–H groups in total. The second-order valence-corrected chi connectivity index (χ2v) is 5.92. The molecule has 1 aromatic rings. The first-order chi connectivity index (χ1) is 9.61. The Morgan fingerprint density at radius 2 is 2.05 bits per heavy atom. The van der Waals surface area contributed by atoms with E-state index >= 15 is 0 Å². The molecule has 3 nitrogen and oxygen atoms in total. The van der Waals surface area contributed by atoms with Gasteiger partial charge in [0.25, 0.3) is 5.91 Å². The summed E-state index contributed by atoms with van der Waals surface area (Å²) >= 11 is 0. The van der Waals surface area contributed by atoms with Gasteiger partial charge in [-0.3, -0.25) is 4.79 Å². The third kappa shape index (κ3) is 3.99. The van der Waals surface area contributed by atoms with Crippen LogP contribution in [0.2, 0.25) is 0 Å². The number of carbonyl (C=O) groups is 1. The molecule has 0 aliphatic heterocycles. The molecule has 0 bridgehead atoms. The molecule has 0 atom stereocenters. The Morgan fingerprint density at radius 3 is 2.65 bits per heavy atom. The molecule has 0 unspecified atom stereocenters. The van der Waals surface area contributed by atoms with Crippen LogP contribution in [-0.4, -0.2) is 30.0 Å². The predicted octanol–water partition coefficient (Wildman–Crippen LogP) is 3.27. The van der Waals surface area contributed by atoms with Crippen LogP contribution >= 0.6 is 0 Å². The molecule has 0 spiro atoms. The lowest BCUT2D eigenvalue weighted by Crippen LogP contribution is -2.39. The number of benzene rings is 1. The average molecular weight is 275 g/mol. The maximum absolute atomic E-state index is 12.3. The van der Waals surface area contributed by atoms with Crippen molar-refractivity contribution in [1.29, 1.82) is 0 Å². The smallest absolute Gasteiger partial charge is 0.260 e. The summed E-state index contributed by atoms with van der Waals surface area (Å²) in [6.07, 6.45) is 3.21. The Labute approximate surface area is 121 Å². The number of aryl methyl sites for hydroxylation is 1. The summed E-state index contributed by atoms with van der Waals surface area (Å²) in [6, 6.07) is 8.40. The van der Waals surface area contributed by atoms with Gasteiger partial charge < -0.3 is 9.64 Å². The third-order valence-corrected chi connectivity index (χ3v) is 3.57. The fourth-order valence-electron chi connectivity index (χ4n) is 2.39. The Kier molecular flexibility index (Phi) is 5.05. The maximum Gasteiger partial charge on any atom is 0.260 e. The van der Waals surface area contributed by atoms with Crippen molar-refractivity contribution < 1.29 is 9.53 Å². The van der Waals surface area contributed by atoms with E-state index in [1.165, 1.54) is 0 Å². The van der Waals surface area contributed by atoms with E-state index in [4.69, 9.17) is 4.74 Å². The summed E-state index contributed by atoms with van der Waals surface area (Å²) in [5.74, 6) is 1.46. The first kappa shape index (κ1) is 14.9. The van der Waals surface area contributed by atoms with E-state index in [0.29, 0.717) is 12.0 Å². The number of carbonyl (C=O) groups excluding carboxylic acids is 1. The van der Waals surface area contributed by atoms with E-state index in [9.17, 15) is 4.79 Å². The molecular weight excluding hydrogens is 250 g/mol. The van der Waals surface area contributed by atoms with Crippen molar-refractivity contribution in [2.75, 3.05) is 13.2 Å². The van der Waals surface area contributed by atoms with Crippen molar-refractivity contribution in [1.82, 2.24) is 4.90 Å². The van der Waals surface area contributed by atoms with Gasteiger partial charge in [0.05, 0.1) is 0 Å². The Bertz CT molecular complexity index is 452. The zero-order valence-corrected chi connectivity index (χ0v) is 12.8. The summed E-state index contributed by atoms with van der Waals surface area (Å²) in [5, 5.41) is 0. The quantitative estimate of drug-likeness (QED) is 0.764. The lowest BCUT2D eigenvalue weighted by molar-refractivity contribution is -0.134. The average Bonchev–Trinajstić information content (AvgIpc) is 3.26. The third-order valence-electron chi connectivity index (χ3n) is 3.57. The number of amides is 1. The second kappa shape index (κ2) is 6.78. The van der Waals surface area contributed by atoms with E-state index in [1.807, 2.05) is 29.2 Å². The molecule has 3 heteroatoms. The zero-order valence-electron chi connectivity index (χ0n) is 12.8. The van der Waals surface area contributed by atoms with Gasteiger partial charge in [-0.15, -0.1) is 0 Å². The van der Waals surface area contributed by atoms with E-state index in [2.05, 4.69) is 20.8 Å². The summed E-state index contributed by atoms with van der Waals surface area (Å²) < 4.78 is 5.74. The number of para-hydroxylation sites is 1. The normalized spacial score (nSPS) is 14.4. The molecule has 1 aromatic carbocycles. The number of nitrogens with zero attached hydrogens (tertiary/aromatic N) is 1. The molecule has 1 aliphatic rings. The van der Waals surface area contributed by atoms with E-state index < -0.39 is 0 Å². The number of ether oxygens (including phenoxy) is 1. The molecule has 0 heterocycles. The summed E-state index contributed by atoms with van der Waals surface area (Å²) in [5.41, 5.74) is 1.15. The van der Waals surface area contributed by atoms with E-state index in [0.717, 1.165) is 37.1 Å². The molecule has 0 radical (unpaired) electrons. The molecule has 0 aromatic heterocycles. The highest BCUT2D eigenvalue weighted by Crippen LogP contribution is 2.28. The molecule has 110 valence electrons. The monoisotopic (exact) mass is 275 g/mol. The largest absolute Gasteiger partial charge is 0.483 e. The van der Waals surface area contributed by atoms with Crippen molar-refractivity contribution >= 4 is 5.91 Å². The summed E-state index contributed by atoms with van der Waals surface area (Å²) in [4.78, 5) is 14.3. The van der Waals surface area contributed by atoms with Crippen LogP contribution in [0.5, 0.6) is 5.75 Å². The van der Waals surface area contributed by atoms with Gasteiger partial charge in [-0.1, -0.05) is 39.0 Å². The Hall–Kier alpha value is -1.51. The SMILES string of the molecule is CCc1ccccc1OCC(=O)N(CC(C)C)C1CC1. The van der Waals surface area contributed by atoms with Gasteiger partial charge in [-0.05, 0) is 36.8 Å². The van der Waals surface area contributed by atoms with Crippen molar-refractivity contribution in [3.8, 4) is 5.75 Å². The van der Waals surface area contributed by atoms with Crippen LogP contribution in [0.15, 0.2) is 24.3 Å². The minimum Gasteiger partial charge on any atom is -0.483 e. The van der Waals surface area contributed by atoms with Crippen LogP contribution < -0.4 is 4.74 Å². The van der Waals surface area contributed by atoms with E-state index in [-0.39, 0.29) is 12.5 Å². The molecule has 2 rings (SSSR count). The molecule has 1 aliphatic carbocycles. The van der Waals surface area contributed by atoms with Gasteiger partial charge in [0, 0.05) is 12.6 Å². The predicted molar refractivity (Wildman–Crippen MR) is 80.9 cm³/mol. The minimum atomic E-state index is 0.118. The fraction of sp³-hybridized carbons (Fsp3) is 0.588. The van der Waals surface area contributed by atoms with Gasteiger partial charge >= 0.3 is 0 Å². The van der Waals surface area contributed by atoms with Crippen molar-refractivity contribution in [3.63, 3.8) is 0 Å². The standard InChI is InChI=1S/C17H25NO2/c1-4-14-7-5-6-8-16(14)20-12-17(19)18(11-13(2)3)15-9-10-15/h5-8,13,15H,4,9-12H2,1-3H3. The number of hydrogen-bond acceptors (Lipinski definition) is 2.